The smallest absolute Gasteiger partial charge is 0.265 e. The number of halogens is 2. The van der Waals surface area contributed by atoms with Crippen molar-refractivity contribution in [3.8, 4) is 0 Å². The molecule has 0 N–H and O–H groups in total. The van der Waals surface area contributed by atoms with Gasteiger partial charge < -0.3 is 0 Å². The third-order valence-electron chi connectivity index (χ3n) is 0.828. The van der Waals surface area contributed by atoms with Crippen LogP contribution in [0.4, 0.5) is 0 Å². The van der Waals surface area contributed by atoms with Crippen LogP contribution < -0.4 is 13.1 Å². The molecule has 10 heavy (non-hydrogen) atoms. The zero-order valence-corrected chi connectivity index (χ0v) is 9.44. The van der Waals surface area contributed by atoms with E-state index in [1.165, 1.54) is 22.7 Å². The predicted octanol–water partition coefficient (Wildman–Crippen LogP) is 1.44. The summed E-state index contributed by atoms with van der Waals surface area (Å²) < 4.78 is 2.05. The average Bonchev–Trinajstić information content (AvgIpc) is 2.30. The fourth-order valence-corrected chi connectivity index (χ4v) is 3.53. The number of hydrogen-bond acceptors (Lipinski definition) is 3. The van der Waals surface area contributed by atoms with E-state index in [4.69, 9.17) is 0 Å². The lowest BCUT2D eigenvalue weighted by molar-refractivity contribution is 1.95. The average molecular weight is 302 g/mol. The Hall–Kier alpha value is 0.550. The van der Waals surface area contributed by atoms with Crippen molar-refractivity contribution in [3.63, 3.8) is 0 Å². The van der Waals surface area contributed by atoms with Crippen LogP contribution in [0.25, 0.3) is 9.97 Å². The summed E-state index contributed by atoms with van der Waals surface area (Å²) in [5.41, 5.74) is 0. The highest BCUT2D eigenvalue weighted by molar-refractivity contribution is 9.14. The fourth-order valence-electron chi connectivity index (χ4n) is 0.453. The van der Waals surface area contributed by atoms with E-state index in [0.29, 0.717) is 0 Å². The Kier molecular flexibility index (Phi) is 3.29. The second kappa shape index (κ2) is 3.80. The lowest BCUT2D eigenvalue weighted by atomic mass is 10.8. The molecular formula is C5H2Br2OS2. The molecule has 0 radical (unpaired) electrons. The molecule has 1 rings (SSSR count). The van der Waals surface area contributed by atoms with Gasteiger partial charge in [0.1, 0.15) is 0 Å². The molecule has 1 heterocycles. The summed E-state index contributed by atoms with van der Waals surface area (Å²) in [5.74, 6) is 0. The van der Waals surface area contributed by atoms with Gasteiger partial charge in [0, 0.05) is 9.97 Å². The first-order valence-electron chi connectivity index (χ1n) is 2.28. The summed E-state index contributed by atoms with van der Waals surface area (Å²) in [5, 5.41) is 0. The molecule has 1 nitrogen and oxygen atoms in total. The van der Waals surface area contributed by atoms with E-state index in [-0.39, 0.29) is 4.06 Å². The van der Waals surface area contributed by atoms with E-state index in [0.717, 1.165) is 9.06 Å². The lowest BCUT2D eigenvalue weighted by Gasteiger charge is -1.66. The highest BCUT2D eigenvalue weighted by atomic mass is 79.9. The van der Waals surface area contributed by atoms with Crippen LogP contribution in [0.1, 0.15) is 0 Å². The Labute approximate surface area is 82.0 Å². The van der Waals surface area contributed by atoms with Gasteiger partial charge in [0.15, 0.2) is 0 Å². The van der Waals surface area contributed by atoms with Crippen LogP contribution in [-0.2, 0) is 0 Å². The van der Waals surface area contributed by atoms with Gasteiger partial charge in [-0.05, 0) is 0 Å². The van der Waals surface area contributed by atoms with Gasteiger partial charge >= 0.3 is 0 Å². The molecule has 0 spiro atoms. The minimum atomic E-state index is 0.122. The second-order valence-corrected chi connectivity index (χ2v) is 4.60. The van der Waals surface area contributed by atoms with E-state index in [1.54, 1.807) is 9.97 Å². The molecule has 1 aromatic rings. The second-order valence-electron chi connectivity index (χ2n) is 1.40. The quantitative estimate of drug-likeness (QED) is 0.709. The van der Waals surface area contributed by atoms with E-state index >= 15 is 0 Å². The van der Waals surface area contributed by atoms with Crippen molar-refractivity contribution in [1.82, 2.24) is 0 Å². The Morgan fingerprint density at radius 3 is 1.80 bits per heavy atom. The van der Waals surface area contributed by atoms with Crippen molar-refractivity contribution in [1.29, 1.82) is 0 Å². The van der Waals surface area contributed by atoms with Crippen LogP contribution in [-0.4, -0.2) is 0 Å². The van der Waals surface area contributed by atoms with Gasteiger partial charge in [-0.25, -0.2) is 0 Å². The molecule has 0 bridgehead atoms. The molecular weight excluding hydrogens is 300 g/mol. The summed E-state index contributed by atoms with van der Waals surface area (Å²) in [6.07, 6.45) is 0. The molecule has 0 saturated carbocycles. The third kappa shape index (κ3) is 1.78. The van der Waals surface area contributed by atoms with Gasteiger partial charge in [-0.3, -0.25) is 4.79 Å². The first kappa shape index (κ1) is 8.64. The number of rotatable bonds is 0. The molecule has 1 aromatic heterocycles. The summed E-state index contributed by atoms with van der Waals surface area (Å²) in [6, 6.07) is 0. The zero-order valence-electron chi connectivity index (χ0n) is 4.64. The van der Waals surface area contributed by atoms with Gasteiger partial charge in [0.25, 0.3) is 4.06 Å². The summed E-state index contributed by atoms with van der Waals surface area (Å²) in [4.78, 5) is 14.3. The molecule has 0 aliphatic heterocycles. The summed E-state index contributed by atoms with van der Waals surface area (Å²) in [6.45, 7) is 0. The van der Waals surface area contributed by atoms with E-state index in [9.17, 15) is 4.79 Å². The molecule has 0 amide bonds. The lowest BCUT2D eigenvalue weighted by Crippen LogP contribution is -2.12. The van der Waals surface area contributed by atoms with Crippen LogP contribution in [0.15, 0.2) is 4.79 Å². The van der Waals surface area contributed by atoms with Crippen LogP contribution >= 0.6 is 54.5 Å². The highest BCUT2D eigenvalue weighted by Gasteiger charge is 1.90. The van der Waals surface area contributed by atoms with Crippen LogP contribution in [0.3, 0.4) is 0 Å². The van der Waals surface area contributed by atoms with Crippen molar-refractivity contribution in [2.45, 2.75) is 0 Å². The Bertz CT molecular complexity index is 341. The zero-order chi connectivity index (χ0) is 7.56. The van der Waals surface area contributed by atoms with E-state index in [1.807, 2.05) is 0 Å². The molecule has 0 fully saturated rings. The first-order chi connectivity index (χ1) is 4.77. The van der Waals surface area contributed by atoms with Gasteiger partial charge in [-0.1, -0.05) is 54.5 Å². The van der Waals surface area contributed by atoms with Crippen molar-refractivity contribution in [2.24, 2.45) is 0 Å². The largest absolute Gasteiger partial charge is 0.288 e. The molecule has 0 aromatic carbocycles. The molecule has 0 aliphatic carbocycles. The third-order valence-corrected chi connectivity index (χ3v) is 4.43. The SMILES string of the molecule is O=c1sc(=C/Br)/c(=C\Br)s1. The molecule has 0 atom stereocenters. The van der Waals surface area contributed by atoms with Crippen molar-refractivity contribution in [2.75, 3.05) is 0 Å². The normalized spacial score (nSPS) is 14.6. The van der Waals surface area contributed by atoms with Crippen molar-refractivity contribution in [3.05, 3.63) is 17.9 Å². The molecule has 0 unspecified atom stereocenters. The van der Waals surface area contributed by atoms with E-state index < -0.39 is 0 Å². The maximum atomic E-state index is 10.8. The van der Waals surface area contributed by atoms with Gasteiger partial charge in [0.05, 0.1) is 9.06 Å². The molecule has 5 heteroatoms. The number of hydrogen-bond donors (Lipinski definition) is 0. The molecule has 0 saturated heterocycles. The Morgan fingerprint density at radius 1 is 1.10 bits per heavy atom. The predicted molar refractivity (Wildman–Crippen MR) is 54.5 cm³/mol. The van der Waals surface area contributed by atoms with Crippen LogP contribution in [0.5, 0.6) is 0 Å². The Balaban J connectivity index is 3.69. The minimum Gasteiger partial charge on any atom is -0.265 e. The van der Waals surface area contributed by atoms with Gasteiger partial charge in [-0.15, -0.1) is 0 Å². The van der Waals surface area contributed by atoms with Gasteiger partial charge in [-0.2, -0.15) is 0 Å². The standard InChI is InChI=1S/C5H2Br2OS2/c6-1-3-4(2-7)10-5(8)9-3/h1-2H/b3-1+,4-2+. The molecule has 0 aliphatic rings. The summed E-state index contributed by atoms with van der Waals surface area (Å²) >= 11 is 8.83. The maximum Gasteiger partial charge on any atom is 0.288 e. The summed E-state index contributed by atoms with van der Waals surface area (Å²) in [7, 11) is 0. The Morgan fingerprint density at radius 2 is 1.50 bits per heavy atom. The monoisotopic (exact) mass is 300 g/mol. The van der Waals surface area contributed by atoms with Crippen molar-refractivity contribution < 1.29 is 0 Å². The van der Waals surface area contributed by atoms with Crippen LogP contribution in [0.2, 0.25) is 0 Å². The topological polar surface area (TPSA) is 17.1 Å². The fraction of sp³-hybridized carbons (Fsp3) is 0. The first-order valence-corrected chi connectivity index (χ1v) is 5.75. The maximum absolute atomic E-state index is 10.8. The highest BCUT2D eigenvalue weighted by Crippen LogP contribution is 1.86. The van der Waals surface area contributed by atoms with Crippen molar-refractivity contribution >= 4 is 64.5 Å². The van der Waals surface area contributed by atoms with Crippen LogP contribution in [0, 0.1) is 0 Å². The minimum absolute atomic E-state index is 0.122. The van der Waals surface area contributed by atoms with Gasteiger partial charge in [0.2, 0.25) is 0 Å². The van der Waals surface area contributed by atoms with E-state index in [2.05, 4.69) is 31.9 Å². The molecule has 54 valence electrons.